The second-order valence-electron chi connectivity index (χ2n) is 5.26. The Morgan fingerprint density at radius 2 is 1.65 bits per heavy atom. The van der Waals surface area contributed by atoms with Gasteiger partial charge in [0.05, 0.1) is 5.56 Å². The molecule has 1 amide bonds. The smallest absolute Gasteiger partial charge is 0.368 e. The lowest BCUT2D eigenvalue weighted by molar-refractivity contribution is -0.137. The third-order valence-corrected chi connectivity index (χ3v) is 3.55. The fourth-order valence-corrected chi connectivity index (χ4v) is 2.32. The molecule has 0 fully saturated rings. The minimum absolute atomic E-state index is 0.432. The van der Waals surface area contributed by atoms with Gasteiger partial charge in [-0.05, 0) is 30.2 Å². The molecule has 23 heavy (non-hydrogen) atoms. The van der Waals surface area contributed by atoms with E-state index in [2.05, 4.69) is 5.32 Å². The summed E-state index contributed by atoms with van der Waals surface area (Å²) in [6.45, 7) is 1.69. The summed E-state index contributed by atoms with van der Waals surface area (Å²) in [6.07, 6.45) is -4.40. The van der Waals surface area contributed by atoms with Gasteiger partial charge in [-0.1, -0.05) is 42.5 Å². The van der Waals surface area contributed by atoms with E-state index >= 15 is 0 Å². The average Bonchev–Trinajstić information content (AvgIpc) is 2.52. The Morgan fingerprint density at radius 1 is 1.04 bits per heavy atom. The van der Waals surface area contributed by atoms with E-state index in [-0.39, 0.29) is 0 Å². The summed E-state index contributed by atoms with van der Waals surface area (Å²) in [6, 6.07) is 12.6. The van der Waals surface area contributed by atoms with Crippen LogP contribution < -0.4 is 11.1 Å². The van der Waals surface area contributed by atoms with E-state index in [0.29, 0.717) is 11.1 Å². The summed E-state index contributed by atoms with van der Waals surface area (Å²) < 4.78 is 38.4. The first-order chi connectivity index (χ1) is 10.8. The number of nitrogens with one attached hydrogen (secondary N) is 1. The van der Waals surface area contributed by atoms with Crippen molar-refractivity contribution in [1.82, 2.24) is 5.32 Å². The van der Waals surface area contributed by atoms with E-state index in [1.807, 2.05) is 0 Å². The van der Waals surface area contributed by atoms with Crippen LogP contribution in [0.1, 0.15) is 35.7 Å². The van der Waals surface area contributed by atoms with Crippen molar-refractivity contribution in [3.05, 3.63) is 71.3 Å². The number of nitrogens with two attached hydrogens (primary N) is 1. The molecule has 2 aromatic carbocycles. The Kier molecular flexibility index (Phi) is 5.05. The van der Waals surface area contributed by atoms with Gasteiger partial charge in [0.1, 0.15) is 6.04 Å². The second kappa shape index (κ2) is 6.83. The average molecular weight is 322 g/mol. The standard InChI is InChI=1S/C17H17F3N2O/c1-11(13-8-5-9-14(10-13)17(18,19)20)22-15(16(21)23)12-6-3-2-4-7-12/h2-11,15,22H,1H3,(H2,21,23)/t11-,15+/m1/s1. The molecule has 0 aliphatic rings. The Hall–Kier alpha value is -2.34. The van der Waals surface area contributed by atoms with Crippen LogP contribution in [0.25, 0.3) is 0 Å². The molecule has 2 atom stereocenters. The summed E-state index contributed by atoms with van der Waals surface area (Å²) in [5.74, 6) is -0.588. The normalized spacial score (nSPS) is 14.3. The summed E-state index contributed by atoms with van der Waals surface area (Å²) in [5.41, 5.74) is 5.79. The van der Waals surface area contributed by atoms with Gasteiger partial charge >= 0.3 is 6.18 Å². The number of halogens is 3. The first-order valence-electron chi connectivity index (χ1n) is 7.06. The van der Waals surface area contributed by atoms with Crippen molar-refractivity contribution in [3.63, 3.8) is 0 Å². The van der Waals surface area contributed by atoms with Crippen LogP contribution in [0.2, 0.25) is 0 Å². The maximum Gasteiger partial charge on any atom is 0.416 e. The van der Waals surface area contributed by atoms with E-state index < -0.39 is 29.7 Å². The van der Waals surface area contributed by atoms with Gasteiger partial charge in [0, 0.05) is 6.04 Å². The third-order valence-electron chi connectivity index (χ3n) is 3.55. The molecule has 2 rings (SSSR count). The van der Waals surface area contributed by atoms with Crippen molar-refractivity contribution in [3.8, 4) is 0 Å². The van der Waals surface area contributed by atoms with Gasteiger partial charge in [0.25, 0.3) is 0 Å². The quantitative estimate of drug-likeness (QED) is 0.884. The number of carbonyl (C=O) groups is 1. The minimum atomic E-state index is -4.40. The number of alkyl halides is 3. The van der Waals surface area contributed by atoms with Crippen molar-refractivity contribution in [2.24, 2.45) is 5.73 Å². The minimum Gasteiger partial charge on any atom is -0.368 e. The number of rotatable bonds is 5. The lowest BCUT2D eigenvalue weighted by Crippen LogP contribution is -2.35. The number of hydrogen-bond acceptors (Lipinski definition) is 2. The zero-order valence-corrected chi connectivity index (χ0v) is 12.5. The van der Waals surface area contributed by atoms with Crippen molar-refractivity contribution >= 4 is 5.91 Å². The Bertz CT molecular complexity index is 671. The van der Waals surface area contributed by atoms with Crippen LogP contribution >= 0.6 is 0 Å². The third kappa shape index (κ3) is 4.32. The molecule has 0 radical (unpaired) electrons. The van der Waals surface area contributed by atoms with Crippen molar-refractivity contribution in [2.75, 3.05) is 0 Å². The van der Waals surface area contributed by atoms with Gasteiger partial charge in [-0.15, -0.1) is 0 Å². The first-order valence-corrected chi connectivity index (χ1v) is 7.06. The van der Waals surface area contributed by atoms with Crippen molar-refractivity contribution in [2.45, 2.75) is 25.2 Å². The maximum atomic E-state index is 12.8. The van der Waals surface area contributed by atoms with Crippen molar-refractivity contribution < 1.29 is 18.0 Å². The van der Waals surface area contributed by atoms with E-state index in [4.69, 9.17) is 5.73 Å². The SMILES string of the molecule is C[C@@H](N[C@H](C(N)=O)c1ccccc1)c1cccc(C(F)(F)F)c1. The van der Waals surface area contributed by atoms with Gasteiger partial charge in [-0.2, -0.15) is 13.2 Å². The van der Waals surface area contributed by atoms with Crippen LogP contribution in [0.15, 0.2) is 54.6 Å². The van der Waals surface area contributed by atoms with Crippen LogP contribution in [-0.2, 0) is 11.0 Å². The molecule has 0 bridgehead atoms. The number of benzene rings is 2. The molecule has 0 heterocycles. The first kappa shape index (κ1) is 17.0. The van der Waals surface area contributed by atoms with Gasteiger partial charge in [0.2, 0.25) is 5.91 Å². The largest absolute Gasteiger partial charge is 0.416 e. The molecular formula is C17H17F3N2O. The summed E-state index contributed by atoms with van der Waals surface area (Å²) in [4.78, 5) is 11.7. The molecule has 0 unspecified atom stereocenters. The Morgan fingerprint density at radius 3 is 2.22 bits per heavy atom. The monoisotopic (exact) mass is 322 g/mol. The molecule has 0 spiro atoms. The number of amides is 1. The maximum absolute atomic E-state index is 12.8. The fourth-order valence-electron chi connectivity index (χ4n) is 2.32. The molecule has 0 aromatic heterocycles. The highest BCUT2D eigenvalue weighted by Crippen LogP contribution is 2.31. The molecule has 122 valence electrons. The highest BCUT2D eigenvalue weighted by atomic mass is 19.4. The van der Waals surface area contributed by atoms with Crippen LogP contribution in [0.5, 0.6) is 0 Å². The van der Waals surface area contributed by atoms with E-state index in [0.717, 1.165) is 12.1 Å². The summed E-state index contributed by atoms with van der Waals surface area (Å²) in [5, 5.41) is 2.99. The Labute approximate surface area is 132 Å². The van der Waals surface area contributed by atoms with Gasteiger partial charge in [-0.25, -0.2) is 0 Å². The fraction of sp³-hybridized carbons (Fsp3) is 0.235. The molecule has 0 aliphatic heterocycles. The van der Waals surface area contributed by atoms with Crippen LogP contribution in [0, 0.1) is 0 Å². The molecule has 3 N–H and O–H groups in total. The van der Waals surface area contributed by atoms with Gasteiger partial charge in [0.15, 0.2) is 0 Å². The van der Waals surface area contributed by atoms with E-state index in [1.54, 1.807) is 43.3 Å². The summed E-state index contributed by atoms with van der Waals surface area (Å²) in [7, 11) is 0. The van der Waals surface area contributed by atoms with Crippen LogP contribution in [-0.4, -0.2) is 5.91 Å². The zero-order valence-electron chi connectivity index (χ0n) is 12.5. The molecule has 6 heteroatoms. The van der Waals surface area contributed by atoms with Crippen LogP contribution in [0.4, 0.5) is 13.2 Å². The molecular weight excluding hydrogens is 305 g/mol. The second-order valence-corrected chi connectivity index (χ2v) is 5.26. The zero-order chi connectivity index (χ0) is 17.0. The highest BCUT2D eigenvalue weighted by molar-refractivity contribution is 5.81. The lowest BCUT2D eigenvalue weighted by Gasteiger charge is -2.22. The number of primary amides is 1. The topological polar surface area (TPSA) is 55.1 Å². The predicted octanol–water partition coefficient (Wildman–Crippen LogP) is 3.58. The summed E-state index contributed by atoms with van der Waals surface area (Å²) >= 11 is 0. The van der Waals surface area contributed by atoms with E-state index in [9.17, 15) is 18.0 Å². The number of carbonyl (C=O) groups excluding carboxylic acids is 1. The predicted molar refractivity (Wildman–Crippen MR) is 81.4 cm³/mol. The van der Waals surface area contributed by atoms with Gasteiger partial charge in [-0.3, -0.25) is 10.1 Å². The Balaban J connectivity index is 2.23. The lowest BCUT2D eigenvalue weighted by atomic mass is 10.0. The highest BCUT2D eigenvalue weighted by Gasteiger charge is 2.31. The number of hydrogen-bond donors (Lipinski definition) is 2. The van der Waals surface area contributed by atoms with Crippen molar-refractivity contribution in [1.29, 1.82) is 0 Å². The molecule has 0 saturated carbocycles. The molecule has 0 saturated heterocycles. The molecule has 3 nitrogen and oxygen atoms in total. The van der Waals surface area contributed by atoms with E-state index in [1.165, 1.54) is 6.07 Å². The molecule has 2 aromatic rings. The van der Waals surface area contributed by atoms with Gasteiger partial charge < -0.3 is 5.73 Å². The van der Waals surface area contributed by atoms with Crippen LogP contribution in [0.3, 0.4) is 0 Å². The molecule has 0 aliphatic carbocycles.